The summed E-state index contributed by atoms with van der Waals surface area (Å²) in [5.41, 5.74) is 0.200. The van der Waals surface area contributed by atoms with Gasteiger partial charge in [-0.05, 0) is 18.9 Å². The molecule has 0 saturated heterocycles. The predicted molar refractivity (Wildman–Crippen MR) is 48.8 cm³/mol. The van der Waals surface area contributed by atoms with Crippen LogP contribution in [0.4, 0.5) is 8.78 Å². The minimum atomic E-state index is -2.58. The summed E-state index contributed by atoms with van der Waals surface area (Å²) in [5, 5.41) is 12.1. The van der Waals surface area contributed by atoms with E-state index in [1.165, 1.54) is 10.9 Å². The third kappa shape index (κ3) is 3.30. The molecule has 1 heterocycles. The summed E-state index contributed by atoms with van der Waals surface area (Å²) in [5.74, 6) is -0.895. The SMILES string of the molecule is Cc1cn(CCCC(=O)O)nc1C(F)F. The molecule has 0 aliphatic carbocycles. The highest BCUT2D eigenvalue weighted by Crippen LogP contribution is 2.20. The maximum Gasteiger partial charge on any atom is 0.303 e. The van der Waals surface area contributed by atoms with E-state index in [9.17, 15) is 13.6 Å². The van der Waals surface area contributed by atoms with E-state index in [-0.39, 0.29) is 12.1 Å². The topological polar surface area (TPSA) is 55.1 Å². The van der Waals surface area contributed by atoms with E-state index in [1.54, 1.807) is 6.92 Å². The lowest BCUT2D eigenvalue weighted by molar-refractivity contribution is -0.137. The van der Waals surface area contributed by atoms with Crippen LogP contribution >= 0.6 is 0 Å². The van der Waals surface area contributed by atoms with Gasteiger partial charge in [-0.15, -0.1) is 0 Å². The maximum atomic E-state index is 12.3. The number of carboxylic acids is 1. The van der Waals surface area contributed by atoms with E-state index in [0.29, 0.717) is 18.5 Å². The van der Waals surface area contributed by atoms with Crippen molar-refractivity contribution in [2.24, 2.45) is 0 Å². The molecule has 0 aromatic carbocycles. The lowest BCUT2D eigenvalue weighted by Gasteiger charge is -1.98. The molecule has 1 aromatic rings. The van der Waals surface area contributed by atoms with Crippen LogP contribution < -0.4 is 0 Å². The number of carboxylic acid groups (broad SMARTS) is 1. The van der Waals surface area contributed by atoms with Gasteiger partial charge in [0.15, 0.2) is 0 Å². The number of hydrogen-bond donors (Lipinski definition) is 1. The molecule has 0 aliphatic heterocycles. The molecule has 0 bridgehead atoms. The zero-order chi connectivity index (χ0) is 11.4. The highest BCUT2D eigenvalue weighted by molar-refractivity contribution is 5.66. The first-order valence-electron chi connectivity index (χ1n) is 4.54. The molecular formula is C9H12F2N2O2. The van der Waals surface area contributed by atoms with Crippen LogP contribution in [0.5, 0.6) is 0 Å². The molecule has 0 fully saturated rings. The molecule has 1 rings (SSSR count). The van der Waals surface area contributed by atoms with Crippen molar-refractivity contribution in [3.63, 3.8) is 0 Å². The number of hydrogen-bond acceptors (Lipinski definition) is 2. The van der Waals surface area contributed by atoms with E-state index in [1.807, 2.05) is 0 Å². The Morgan fingerprint density at radius 1 is 1.67 bits per heavy atom. The van der Waals surface area contributed by atoms with Gasteiger partial charge in [-0.1, -0.05) is 0 Å². The molecule has 1 aromatic heterocycles. The van der Waals surface area contributed by atoms with Gasteiger partial charge in [0.05, 0.1) is 0 Å². The largest absolute Gasteiger partial charge is 0.481 e. The first kappa shape index (κ1) is 11.6. The molecule has 0 aliphatic rings. The van der Waals surface area contributed by atoms with Gasteiger partial charge in [-0.2, -0.15) is 5.10 Å². The van der Waals surface area contributed by atoms with Gasteiger partial charge in [0.2, 0.25) is 0 Å². The van der Waals surface area contributed by atoms with Crippen molar-refractivity contribution in [3.05, 3.63) is 17.5 Å². The fourth-order valence-corrected chi connectivity index (χ4v) is 1.26. The monoisotopic (exact) mass is 218 g/mol. The van der Waals surface area contributed by atoms with Gasteiger partial charge in [0, 0.05) is 19.2 Å². The summed E-state index contributed by atoms with van der Waals surface area (Å²) in [6.07, 6.45) is -0.670. The molecule has 0 unspecified atom stereocenters. The van der Waals surface area contributed by atoms with Crippen LogP contribution in [0.25, 0.3) is 0 Å². The van der Waals surface area contributed by atoms with E-state index in [4.69, 9.17) is 5.11 Å². The van der Waals surface area contributed by atoms with Crippen LogP contribution in [-0.4, -0.2) is 20.9 Å². The average molecular weight is 218 g/mol. The average Bonchev–Trinajstić information content (AvgIpc) is 2.46. The number of aryl methyl sites for hydroxylation is 2. The molecule has 15 heavy (non-hydrogen) atoms. The molecule has 6 heteroatoms. The van der Waals surface area contributed by atoms with E-state index >= 15 is 0 Å². The van der Waals surface area contributed by atoms with Crippen molar-refractivity contribution < 1.29 is 18.7 Å². The van der Waals surface area contributed by atoms with Crippen molar-refractivity contribution in [1.29, 1.82) is 0 Å². The van der Waals surface area contributed by atoms with Crippen LogP contribution in [0, 0.1) is 6.92 Å². The van der Waals surface area contributed by atoms with Crippen molar-refractivity contribution in [1.82, 2.24) is 9.78 Å². The fourth-order valence-electron chi connectivity index (χ4n) is 1.26. The summed E-state index contributed by atoms with van der Waals surface area (Å²) < 4.78 is 26.0. The van der Waals surface area contributed by atoms with Crippen molar-refractivity contribution in [2.75, 3.05) is 0 Å². The zero-order valence-electron chi connectivity index (χ0n) is 8.28. The molecule has 0 spiro atoms. The molecule has 0 atom stereocenters. The summed E-state index contributed by atoms with van der Waals surface area (Å²) in [7, 11) is 0. The Balaban J connectivity index is 2.55. The first-order chi connectivity index (χ1) is 7.00. The van der Waals surface area contributed by atoms with Gasteiger partial charge < -0.3 is 5.11 Å². The normalized spacial score (nSPS) is 10.9. The number of aromatic nitrogens is 2. The summed E-state index contributed by atoms with van der Waals surface area (Å²) in [4.78, 5) is 10.2. The number of halogens is 2. The maximum absolute atomic E-state index is 12.3. The third-order valence-electron chi connectivity index (χ3n) is 1.97. The van der Waals surface area contributed by atoms with Crippen LogP contribution in [0.1, 0.15) is 30.5 Å². The molecular weight excluding hydrogens is 206 g/mol. The Kier molecular flexibility index (Phi) is 3.76. The molecule has 0 amide bonds. The Labute approximate surface area is 85.5 Å². The molecule has 0 saturated carbocycles. The standard InChI is InChI=1S/C9H12F2N2O2/c1-6-5-13(4-2-3-7(14)15)12-8(6)9(10)11/h5,9H,2-4H2,1H3,(H,14,15). The second kappa shape index (κ2) is 4.86. The van der Waals surface area contributed by atoms with Crippen molar-refractivity contribution in [3.8, 4) is 0 Å². The van der Waals surface area contributed by atoms with Gasteiger partial charge in [0.25, 0.3) is 6.43 Å². The minimum Gasteiger partial charge on any atom is -0.481 e. The lowest BCUT2D eigenvalue weighted by atomic mass is 10.3. The number of nitrogens with zero attached hydrogens (tertiary/aromatic N) is 2. The van der Waals surface area contributed by atoms with Crippen LogP contribution in [0.3, 0.4) is 0 Å². The van der Waals surface area contributed by atoms with Gasteiger partial charge in [-0.25, -0.2) is 8.78 Å². The number of rotatable bonds is 5. The summed E-state index contributed by atoms with van der Waals surface area (Å²) in [6.45, 7) is 1.90. The number of alkyl halides is 2. The van der Waals surface area contributed by atoms with Gasteiger partial charge >= 0.3 is 5.97 Å². The fraction of sp³-hybridized carbons (Fsp3) is 0.556. The molecule has 0 radical (unpaired) electrons. The summed E-state index contributed by atoms with van der Waals surface area (Å²) in [6, 6.07) is 0. The molecule has 4 nitrogen and oxygen atoms in total. The highest BCUT2D eigenvalue weighted by atomic mass is 19.3. The van der Waals surface area contributed by atoms with E-state index in [2.05, 4.69) is 5.10 Å². The Bertz CT molecular complexity index is 350. The predicted octanol–water partition coefficient (Wildman–Crippen LogP) is 1.99. The van der Waals surface area contributed by atoms with Gasteiger partial charge in [0.1, 0.15) is 5.69 Å². The third-order valence-corrected chi connectivity index (χ3v) is 1.97. The van der Waals surface area contributed by atoms with E-state index in [0.717, 1.165) is 0 Å². The Morgan fingerprint density at radius 3 is 2.80 bits per heavy atom. The zero-order valence-corrected chi connectivity index (χ0v) is 8.28. The van der Waals surface area contributed by atoms with Crippen LogP contribution in [0.2, 0.25) is 0 Å². The highest BCUT2D eigenvalue weighted by Gasteiger charge is 2.14. The minimum absolute atomic E-state index is 0.0168. The van der Waals surface area contributed by atoms with Crippen molar-refractivity contribution in [2.45, 2.75) is 32.7 Å². The molecule has 1 N–H and O–H groups in total. The summed E-state index contributed by atoms with van der Waals surface area (Å²) >= 11 is 0. The van der Waals surface area contributed by atoms with Crippen molar-refractivity contribution >= 4 is 5.97 Å². The lowest BCUT2D eigenvalue weighted by Crippen LogP contribution is -2.03. The van der Waals surface area contributed by atoms with Gasteiger partial charge in [-0.3, -0.25) is 9.48 Å². The molecule has 84 valence electrons. The quantitative estimate of drug-likeness (QED) is 0.822. The second-order valence-corrected chi connectivity index (χ2v) is 3.26. The Morgan fingerprint density at radius 2 is 2.33 bits per heavy atom. The second-order valence-electron chi connectivity index (χ2n) is 3.26. The smallest absolute Gasteiger partial charge is 0.303 e. The number of aliphatic carboxylic acids is 1. The van der Waals surface area contributed by atoms with E-state index < -0.39 is 12.4 Å². The van der Waals surface area contributed by atoms with Crippen LogP contribution in [-0.2, 0) is 11.3 Å². The Hall–Kier alpha value is -1.46. The first-order valence-corrected chi connectivity index (χ1v) is 4.54. The van der Waals surface area contributed by atoms with Crippen LogP contribution in [0.15, 0.2) is 6.20 Å². The number of carbonyl (C=O) groups is 1.